The molecule has 0 aliphatic heterocycles. The molecular formula is C14H24N4O. The number of rotatable bonds is 6. The molecule has 2 rings (SSSR count). The first-order valence-electron chi connectivity index (χ1n) is 7.17. The number of hydrogen-bond acceptors (Lipinski definition) is 3. The first-order chi connectivity index (χ1) is 9.24. The van der Waals surface area contributed by atoms with Crippen LogP contribution in [-0.2, 0) is 11.2 Å². The Morgan fingerprint density at radius 3 is 2.84 bits per heavy atom. The van der Waals surface area contributed by atoms with Crippen molar-refractivity contribution in [1.82, 2.24) is 20.6 Å². The molecule has 0 atom stereocenters. The summed E-state index contributed by atoms with van der Waals surface area (Å²) in [5.41, 5.74) is 1.08. The average Bonchev–Trinajstić information content (AvgIpc) is 2.93. The Kier molecular flexibility index (Phi) is 4.96. The van der Waals surface area contributed by atoms with Crippen molar-refractivity contribution in [3.8, 4) is 0 Å². The second-order valence-electron chi connectivity index (χ2n) is 5.44. The van der Waals surface area contributed by atoms with Crippen molar-refractivity contribution < 1.29 is 4.79 Å². The zero-order valence-electron chi connectivity index (χ0n) is 11.7. The fourth-order valence-electron chi connectivity index (χ4n) is 2.87. The maximum absolute atomic E-state index is 12.0. The maximum atomic E-state index is 12.0. The molecule has 3 N–H and O–H groups in total. The van der Waals surface area contributed by atoms with Crippen molar-refractivity contribution in [2.45, 2.75) is 50.5 Å². The van der Waals surface area contributed by atoms with Gasteiger partial charge in [-0.25, -0.2) is 4.98 Å². The number of nitrogens with one attached hydrogen (secondary N) is 3. The number of nitrogens with zero attached hydrogens (tertiary/aromatic N) is 1. The minimum atomic E-state index is 0.0241. The lowest BCUT2D eigenvalue weighted by atomic mass is 9.79. The number of carbonyl (C=O) groups is 1. The molecule has 0 aromatic carbocycles. The summed E-state index contributed by atoms with van der Waals surface area (Å²) in [5, 5.41) is 6.38. The van der Waals surface area contributed by atoms with E-state index in [0.717, 1.165) is 25.0 Å². The van der Waals surface area contributed by atoms with Crippen LogP contribution in [0.15, 0.2) is 12.5 Å². The summed E-state index contributed by atoms with van der Waals surface area (Å²) >= 11 is 0. The van der Waals surface area contributed by atoms with Crippen LogP contribution in [-0.4, -0.2) is 35.0 Å². The summed E-state index contributed by atoms with van der Waals surface area (Å²) in [6.45, 7) is 0.667. The van der Waals surface area contributed by atoms with E-state index in [4.69, 9.17) is 0 Å². The fraction of sp³-hybridized carbons (Fsp3) is 0.714. The maximum Gasteiger partial charge on any atom is 0.221 e. The quantitative estimate of drug-likeness (QED) is 0.727. The Balaban J connectivity index is 1.73. The molecule has 19 heavy (non-hydrogen) atoms. The number of H-pyrrole nitrogens is 1. The van der Waals surface area contributed by atoms with Crippen LogP contribution in [0.5, 0.6) is 0 Å². The summed E-state index contributed by atoms with van der Waals surface area (Å²) in [6.07, 6.45) is 10.8. The summed E-state index contributed by atoms with van der Waals surface area (Å²) in [6, 6.07) is 0. The molecular weight excluding hydrogens is 240 g/mol. The Labute approximate surface area is 114 Å². The summed E-state index contributed by atoms with van der Waals surface area (Å²) in [5.74, 6) is 0.149. The van der Waals surface area contributed by atoms with Crippen molar-refractivity contribution in [2.24, 2.45) is 0 Å². The molecule has 0 radical (unpaired) electrons. The minimum Gasteiger partial charge on any atom is -0.356 e. The molecule has 0 spiro atoms. The standard InChI is InChI=1S/C14H24N4O/c1-15-14(6-3-2-4-7-14)9-13(19)17-8-5-12-10-16-11-18-12/h10-11,15H,2-9H2,1H3,(H,16,18)(H,17,19). The second kappa shape index (κ2) is 6.70. The lowest BCUT2D eigenvalue weighted by Gasteiger charge is -2.36. The van der Waals surface area contributed by atoms with E-state index >= 15 is 0 Å². The third kappa shape index (κ3) is 4.06. The van der Waals surface area contributed by atoms with Gasteiger partial charge >= 0.3 is 0 Å². The molecule has 1 aromatic heterocycles. The first-order valence-corrected chi connectivity index (χ1v) is 7.17. The fourth-order valence-corrected chi connectivity index (χ4v) is 2.87. The third-order valence-corrected chi connectivity index (χ3v) is 4.11. The number of hydrogen-bond donors (Lipinski definition) is 3. The van der Waals surface area contributed by atoms with E-state index in [1.807, 2.05) is 7.05 Å². The Morgan fingerprint density at radius 2 is 2.21 bits per heavy atom. The van der Waals surface area contributed by atoms with E-state index in [9.17, 15) is 4.79 Å². The number of aromatic nitrogens is 2. The van der Waals surface area contributed by atoms with Gasteiger partial charge in [-0.1, -0.05) is 19.3 Å². The highest BCUT2D eigenvalue weighted by atomic mass is 16.1. The lowest BCUT2D eigenvalue weighted by molar-refractivity contribution is -0.122. The molecule has 1 aliphatic carbocycles. The van der Waals surface area contributed by atoms with E-state index < -0.39 is 0 Å². The minimum absolute atomic E-state index is 0.0241. The summed E-state index contributed by atoms with van der Waals surface area (Å²) < 4.78 is 0. The molecule has 0 unspecified atom stereocenters. The zero-order valence-corrected chi connectivity index (χ0v) is 11.7. The van der Waals surface area contributed by atoms with E-state index in [1.54, 1.807) is 12.5 Å². The predicted octanol–water partition coefficient (Wildman–Crippen LogP) is 1.38. The smallest absolute Gasteiger partial charge is 0.221 e. The second-order valence-corrected chi connectivity index (χ2v) is 5.44. The van der Waals surface area contributed by atoms with Gasteiger partial charge in [0.25, 0.3) is 0 Å². The summed E-state index contributed by atoms with van der Waals surface area (Å²) in [7, 11) is 1.98. The van der Waals surface area contributed by atoms with E-state index in [1.165, 1.54) is 19.3 Å². The van der Waals surface area contributed by atoms with Crippen molar-refractivity contribution in [3.05, 3.63) is 18.2 Å². The number of amides is 1. The highest BCUT2D eigenvalue weighted by Crippen LogP contribution is 2.30. The van der Waals surface area contributed by atoms with Crippen LogP contribution in [0.4, 0.5) is 0 Å². The van der Waals surface area contributed by atoms with Crippen LogP contribution < -0.4 is 10.6 Å². The molecule has 1 amide bonds. The van der Waals surface area contributed by atoms with Gasteiger partial charge in [-0.3, -0.25) is 4.79 Å². The van der Waals surface area contributed by atoms with E-state index in [2.05, 4.69) is 20.6 Å². The third-order valence-electron chi connectivity index (χ3n) is 4.11. The van der Waals surface area contributed by atoms with Crippen LogP contribution in [0.25, 0.3) is 0 Å². The van der Waals surface area contributed by atoms with Gasteiger partial charge in [-0.2, -0.15) is 0 Å². The molecule has 1 aromatic rings. The predicted molar refractivity (Wildman–Crippen MR) is 74.8 cm³/mol. The molecule has 0 bridgehead atoms. The van der Waals surface area contributed by atoms with Crippen molar-refractivity contribution in [1.29, 1.82) is 0 Å². The van der Waals surface area contributed by atoms with Gasteiger partial charge in [-0.05, 0) is 19.9 Å². The van der Waals surface area contributed by atoms with Crippen molar-refractivity contribution in [3.63, 3.8) is 0 Å². The van der Waals surface area contributed by atoms with E-state index in [-0.39, 0.29) is 11.4 Å². The molecule has 0 saturated heterocycles. The molecule has 1 fully saturated rings. The highest BCUT2D eigenvalue weighted by molar-refractivity contribution is 5.77. The van der Waals surface area contributed by atoms with E-state index in [0.29, 0.717) is 13.0 Å². The van der Waals surface area contributed by atoms with Gasteiger partial charge in [0.15, 0.2) is 0 Å². The largest absolute Gasteiger partial charge is 0.356 e. The van der Waals surface area contributed by atoms with Gasteiger partial charge in [-0.15, -0.1) is 0 Å². The number of carbonyl (C=O) groups excluding carboxylic acids is 1. The monoisotopic (exact) mass is 264 g/mol. The van der Waals surface area contributed by atoms with Crippen LogP contribution >= 0.6 is 0 Å². The Morgan fingerprint density at radius 1 is 1.42 bits per heavy atom. The normalized spacial score (nSPS) is 18.2. The Hall–Kier alpha value is -1.36. The van der Waals surface area contributed by atoms with Gasteiger partial charge in [0.1, 0.15) is 0 Å². The zero-order chi connectivity index (χ0) is 13.6. The Bertz CT molecular complexity index is 382. The topological polar surface area (TPSA) is 69.8 Å². The van der Waals surface area contributed by atoms with Crippen LogP contribution in [0.2, 0.25) is 0 Å². The highest BCUT2D eigenvalue weighted by Gasteiger charge is 2.32. The van der Waals surface area contributed by atoms with Gasteiger partial charge in [0.2, 0.25) is 5.91 Å². The van der Waals surface area contributed by atoms with Crippen molar-refractivity contribution >= 4 is 5.91 Å². The van der Waals surface area contributed by atoms with Gasteiger partial charge < -0.3 is 15.6 Å². The van der Waals surface area contributed by atoms with Gasteiger partial charge in [0, 0.05) is 36.8 Å². The molecule has 106 valence electrons. The summed E-state index contributed by atoms with van der Waals surface area (Å²) in [4.78, 5) is 19.0. The number of imidazole rings is 1. The molecule has 1 saturated carbocycles. The van der Waals surface area contributed by atoms with Crippen molar-refractivity contribution in [2.75, 3.05) is 13.6 Å². The lowest BCUT2D eigenvalue weighted by Crippen LogP contribution is -2.48. The van der Waals surface area contributed by atoms with Crippen LogP contribution in [0, 0.1) is 0 Å². The average molecular weight is 264 g/mol. The SMILES string of the molecule is CNC1(CC(=O)NCCc2cnc[nH]2)CCCCC1. The molecule has 5 heteroatoms. The van der Waals surface area contributed by atoms with Crippen LogP contribution in [0.3, 0.4) is 0 Å². The van der Waals surface area contributed by atoms with Gasteiger partial charge in [0.05, 0.1) is 6.33 Å². The molecule has 1 heterocycles. The number of aromatic amines is 1. The van der Waals surface area contributed by atoms with Crippen LogP contribution in [0.1, 0.15) is 44.2 Å². The molecule has 1 aliphatic rings. The first kappa shape index (κ1) is 14.1. The molecule has 5 nitrogen and oxygen atoms in total.